The molecule has 0 saturated carbocycles. The first kappa shape index (κ1) is 14.4. The maximum Gasteiger partial charge on any atom is 0.137 e. The van der Waals surface area contributed by atoms with Gasteiger partial charge in [-0.3, -0.25) is 0 Å². The number of fused-ring (bicyclic) bond motifs is 1. The summed E-state index contributed by atoms with van der Waals surface area (Å²) >= 11 is 0. The van der Waals surface area contributed by atoms with Crippen LogP contribution in [0.1, 0.15) is 49.3 Å². The smallest absolute Gasteiger partial charge is 0.137 e. The first-order valence-electron chi connectivity index (χ1n) is 7.41. The van der Waals surface area contributed by atoms with Crippen molar-refractivity contribution >= 4 is 11.6 Å². The zero-order chi connectivity index (χ0) is 14.8. The molecule has 6 heteroatoms. The highest BCUT2D eigenvalue weighted by Gasteiger charge is 2.29. The Hall–Kier alpha value is -1.53. The normalized spacial score (nSPS) is 28.3. The molecule has 5 nitrogen and oxygen atoms in total. The molecule has 1 fully saturated rings. The van der Waals surface area contributed by atoms with Gasteiger partial charge in [0.15, 0.2) is 0 Å². The van der Waals surface area contributed by atoms with Gasteiger partial charge >= 0.3 is 0 Å². The zero-order valence-corrected chi connectivity index (χ0v) is 11.8. The van der Waals surface area contributed by atoms with Crippen LogP contribution in [-0.2, 0) is 4.74 Å². The van der Waals surface area contributed by atoms with Gasteiger partial charge in [-0.2, -0.15) is 0 Å². The van der Waals surface area contributed by atoms with Gasteiger partial charge in [0.2, 0.25) is 0 Å². The lowest BCUT2D eigenvalue weighted by atomic mass is 9.86. The minimum absolute atomic E-state index is 0.0241. The number of anilines is 1. The van der Waals surface area contributed by atoms with E-state index in [4.69, 9.17) is 15.6 Å². The van der Waals surface area contributed by atoms with Gasteiger partial charge in [0.1, 0.15) is 18.0 Å². The summed E-state index contributed by atoms with van der Waals surface area (Å²) in [5.74, 6) is 0.0364. The SMILES string of the molecule is Nc1ncnc2c1C(F)=CCC2CC[C@H]1CC[C@@H](CO)O1. The molecule has 2 heterocycles. The Labute approximate surface area is 123 Å². The van der Waals surface area contributed by atoms with Crippen LogP contribution in [0, 0.1) is 0 Å². The molecule has 1 aromatic rings. The van der Waals surface area contributed by atoms with Crippen molar-refractivity contribution in [2.75, 3.05) is 12.3 Å². The van der Waals surface area contributed by atoms with E-state index >= 15 is 0 Å². The Morgan fingerprint density at radius 2 is 2.10 bits per heavy atom. The summed E-state index contributed by atoms with van der Waals surface area (Å²) in [5.41, 5.74) is 6.83. The van der Waals surface area contributed by atoms with Crippen molar-refractivity contribution in [2.45, 2.75) is 50.2 Å². The van der Waals surface area contributed by atoms with Crippen LogP contribution in [0.4, 0.5) is 10.2 Å². The molecule has 1 saturated heterocycles. The highest BCUT2D eigenvalue weighted by atomic mass is 19.1. The first-order valence-corrected chi connectivity index (χ1v) is 7.41. The van der Waals surface area contributed by atoms with Crippen molar-refractivity contribution in [2.24, 2.45) is 0 Å². The van der Waals surface area contributed by atoms with Gasteiger partial charge in [0.25, 0.3) is 0 Å². The van der Waals surface area contributed by atoms with Crippen molar-refractivity contribution in [1.82, 2.24) is 9.97 Å². The number of nitrogens with zero attached hydrogens (tertiary/aromatic N) is 2. The van der Waals surface area contributed by atoms with Crippen LogP contribution < -0.4 is 5.73 Å². The lowest BCUT2D eigenvalue weighted by Gasteiger charge is -2.23. The lowest BCUT2D eigenvalue weighted by molar-refractivity contribution is 0.00706. The van der Waals surface area contributed by atoms with Crippen LogP contribution in [0.3, 0.4) is 0 Å². The predicted molar refractivity (Wildman–Crippen MR) is 77.1 cm³/mol. The molecule has 3 atom stereocenters. The van der Waals surface area contributed by atoms with Crippen LogP contribution in [0.15, 0.2) is 12.4 Å². The second-order valence-electron chi connectivity index (χ2n) is 5.72. The fraction of sp³-hybridized carbons (Fsp3) is 0.600. The van der Waals surface area contributed by atoms with Crippen molar-refractivity contribution in [3.8, 4) is 0 Å². The number of aliphatic hydroxyl groups is 1. The van der Waals surface area contributed by atoms with Gasteiger partial charge in [-0.25, -0.2) is 14.4 Å². The average molecular weight is 293 g/mol. The quantitative estimate of drug-likeness (QED) is 0.889. The molecule has 21 heavy (non-hydrogen) atoms. The van der Waals surface area contributed by atoms with Gasteiger partial charge in [-0.05, 0) is 38.2 Å². The van der Waals surface area contributed by atoms with E-state index in [1.165, 1.54) is 6.33 Å². The molecule has 1 unspecified atom stereocenters. The van der Waals surface area contributed by atoms with Crippen LogP contribution in [0.5, 0.6) is 0 Å². The minimum Gasteiger partial charge on any atom is -0.394 e. The molecule has 3 rings (SSSR count). The number of nitrogen functional groups attached to an aromatic ring is 1. The number of aromatic nitrogens is 2. The monoisotopic (exact) mass is 293 g/mol. The number of rotatable bonds is 4. The van der Waals surface area contributed by atoms with E-state index in [9.17, 15) is 4.39 Å². The van der Waals surface area contributed by atoms with E-state index in [1.807, 2.05) is 0 Å². The Morgan fingerprint density at radius 1 is 1.29 bits per heavy atom. The van der Waals surface area contributed by atoms with Crippen LogP contribution in [-0.4, -0.2) is 33.9 Å². The number of halogens is 1. The molecule has 114 valence electrons. The van der Waals surface area contributed by atoms with E-state index in [0.717, 1.165) is 25.7 Å². The van der Waals surface area contributed by atoms with Gasteiger partial charge in [-0.15, -0.1) is 0 Å². The first-order chi connectivity index (χ1) is 10.2. The molecule has 1 aromatic heterocycles. The third-order valence-electron chi connectivity index (χ3n) is 4.35. The van der Waals surface area contributed by atoms with Gasteiger partial charge in [-0.1, -0.05) is 0 Å². The van der Waals surface area contributed by atoms with E-state index < -0.39 is 0 Å². The molecule has 0 amide bonds. The van der Waals surface area contributed by atoms with E-state index in [0.29, 0.717) is 17.7 Å². The maximum absolute atomic E-state index is 13.9. The largest absolute Gasteiger partial charge is 0.394 e. The van der Waals surface area contributed by atoms with Crippen molar-refractivity contribution < 1.29 is 14.2 Å². The molecule has 2 aliphatic rings. The third kappa shape index (κ3) is 2.91. The number of aliphatic hydroxyl groups excluding tert-OH is 1. The van der Waals surface area contributed by atoms with Crippen molar-refractivity contribution in [3.63, 3.8) is 0 Å². The molecule has 0 spiro atoms. The standard InChI is InChI=1S/C15H20FN3O2/c16-12-6-2-9(14-13(12)15(17)19-8-18-14)1-3-10-4-5-11(7-20)21-10/h6,8-11,20H,1-5,7H2,(H2,17,18,19)/t9?,10-,11-/m0/s1. The summed E-state index contributed by atoms with van der Waals surface area (Å²) in [6.45, 7) is 0.0838. The Kier molecular flexibility index (Phi) is 4.17. The Balaban J connectivity index is 1.67. The molecular formula is C15H20FN3O2. The maximum atomic E-state index is 13.9. The number of allylic oxidation sites excluding steroid dienone is 1. The second-order valence-corrected chi connectivity index (χ2v) is 5.72. The third-order valence-corrected chi connectivity index (χ3v) is 4.35. The summed E-state index contributed by atoms with van der Waals surface area (Å²) < 4.78 is 19.6. The molecule has 0 radical (unpaired) electrons. The van der Waals surface area contributed by atoms with Gasteiger partial charge in [0.05, 0.1) is 30.1 Å². The molecule has 0 bridgehead atoms. The summed E-state index contributed by atoms with van der Waals surface area (Å²) in [7, 11) is 0. The molecular weight excluding hydrogens is 273 g/mol. The number of nitrogens with two attached hydrogens (primary N) is 1. The van der Waals surface area contributed by atoms with Crippen LogP contribution in [0.2, 0.25) is 0 Å². The molecule has 1 aliphatic heterocycles. The molecule has 3 N–H and O–H groups in total. The topological polar surface area (TPSA) is 81.3 Å². The Bertz CT molecular complexity index is 550. The summed E-state index contributed by atoms with van der Waals surface area (Å²) in [5, 5.41) is 9.09. The number of hydrogen-bond acceptors (Lipinski definition) is 5. The van der Waals surface area contributed by atoms with E-state index in [-0.39, 0.29) is 36.4 Å². The minimum atomic E-state index is -0.322. The van der Waals surface area contributed by atoms with E-state index in [2.05, 4.69) is 9.97 Å². The zero-order valence-electron chi connectivity index (χ0n) is 11.8. The molecule has 0 aromatic carbocycles. The highest BCUT2D eigenvalue weighted by molar-refractivity contribution is 5.71. The van der Waals surface area contributed by atoms with Gasteiger partial charge in [0, 0.05) is 5.92 Å². The average Bonchev–Trinajstić information content (AvgIpc) is 2.95. The number of ether oxygens (including phenoxy) is 1. The van der Waals surface area contributed by atoms with E-state index in [1.54, 1.807) is 6.08 Å². The predicted octanol–water partition coefficient (Wildman–Crippen LogP) is 2.18. The second kappa shape index (κ2) is 6.07. The van der Waals surface area contributed by atoms with Crippen molar-refractivity contribution in [1.29, 1.82) is 0 Å². The van der Waals surface area contributed by atoms with Crippen LogP contribution >= 0.6 is 0 Å². The fourth-order valence-electron chi connectivity index (χ4n) is 3.20. The number of hydrogen-bond donors (Lipinski definition) is 2. The summed E-state index contributed by atoms with van der Waals surface area (Å²) in [6.07, 6.45) is 7.39. The lowest BCUT2D eigenvalue weighted by Crippen LogP contribution is -2.17. The van der Waals surface area contributed by atoms with Gasteiger partial charge < -0.3 is 15.6 Å². The van der Waals surface area contributed by atoms with Crippen molar-refractivity contribution in [3.05, 3.63) is 23.7 Å². The summed E-state index contributed by atoms with van der Waals surface area (Å²) in [6, 6.07) is 0. The summed E-state index contributed by atoms with van der Waals surface area (Å²) in [4.78, 5) is 8.10. The van der Waals surface area contributed by atoms with Crippen LogP contribution in [0.25, 0.3) is 5.83 Å². The Morgan fingerprint density at radius 3 is 2.86 bits per heavy atom. The fourth-order valence-corrected chi connectivity index (χ4v) is 3.20. The highest BCUT2D eigenvalue weighted by Crippen LogP contribution is 2.39. The molecule has 1 aliphatic carbocycles.